The van der Waals surface area contributed by atoms with Crippen molar-refractivity contribution in [1.82, 2.24) is 15.2 Å². The molecule has 6 nitrogen and oxygen atoms in total. The molecule has 0 aliphatic rings. The minimum absolute atomic E-state index is 0.264. The number of aromatic nitrogens is 1. The number of amides is 1. The van der Waals surface area contributed by atoms with Gasteiger partial charge < -0.3 is 24.7 Å². The Bertz CT molecular complexity index is 1060. The van der Waals surface area contributed by atoms with E-state index in [2.05, 4.69) is 10.6 Å². The number of nitrogens with zero attached hydrogens (tertiary/aromatic N) is 1. The molecule has 178 valence electrons. The Hall–Kier alpha value is -2.61. The van der Waals surface area contributed by atoms with E-state index < -0.39 is 11.7 Å². The highest BCUT2D eigenvalue weighted by molar-refractivity contribution is 6.30. The van der Waals surface area contributed by atoms with Crippen molar-refractivity contribution >= 4 is 28.6 Å². The first kappa shape index (κ1) is 25.0. The van der Waals surface area contributed by atoms with Crippen LogP contribution in [0, 0.1) is 5.82 Å². The lowest BCUT2D eigenvalue weighted by Crippen LogP contribution is -2.34. The molecule has 2 N–H and O–H groups in total. The monoisotopic (exact) mass is 475 g/mol. The van der Waals surface area contributed by atoms with Crippen LogP contribution in [0.2, 0.25) is 5.02 Å². The van der Waals surface area contributed by atoms with Crippen LogP contribution in [-0.2, 0) is 22.6 Å². The van der Waals surface area contributed by atoms with Gasteiger partial charge in [0.25, 0.3) is 0 Å². The molecule has 0 atom stereocenters. The first-order chi connectivity index (χ1) is 15.7. The van der Waals surface area contributed by atoms with Crippen molar-refractivity contribution < 1.29 is 18.7 Å². The zero-order valence-corrected chi connectivity index (χ0v) is 20.0. The molecule has 3 aromatic rings. The van der Waals surface area contributed by atoms with E-state index in [1.165, 1.54) is 0 Å². The topological polar surface area (TPSA) is 64.5 Å². The molecule has 0 unspecified atom stereocenters. The van der Waals surface area contributed by atoms with Gasteiger partial charge in [0.1, 0.15) is 11.4 Å². The third kappa shape index (κ3) is 8.03. The van der Waals surface area contributed by atoms with E-state index >= 15 is 0 Å². The summed E-state index contributed by atoms with van der Waals surface area (Å²) in [6.45, 7) is 8.46. The normalized spacial score (nSPS) is 11.7. The van der Waals surface area contributed by atoms with Gasteiger partial charge >= 0.3 is 6.09 Å². The molecule has 0 aliphatic heterocycles. The SMILES string of the molecule is CC(C)(C)OC(=O)NCCOCCNCc1cc(F)cc2c1ccn2Cc1ccc(Cl)cc1. The van der Waals surface area contributed by atoms with Gasteiger partial charge in [0.05, 0.1) is 18.7 Å². The maximum atomic E-state index is 14.3. The van der Waals surface area contributed by atoms with Crippen molar-refractivity contribution in [3.8, 4) is 0 Å². The van der Waals surface area contributed by atoms with E-state index in [9.17, 15) is 9.18 Å². The summed E-state index contributed by atoms with van der Waals surface area (Å²) in [5.74, 6) is -0.264. The highest BCUT2D eigenvalue weighted by atomic mass is 35.5. The smallest absolute Gasteiger partial charge is 0.407 e. The fourth-order valence-electron chi connectivity index (χ4n) is 3.41. The first-order valence-electron chi connectivity index (χ1n) is 11.0. The molecule has 1 aromatic heterocycles. The van der Waals surface area contributed by atoms with Crippen LogP contribution in [0.25, 0.3) is 10.9 Å². The Balaban J connectivity index is 1.45. The number of fused-ring (bicyclic) bond motifs is 1. The average molecular weight is 476 g/mol. The van der Waals surface area contributed by atoms with Gasteiger partial charge in [-0.3, -0.25) is 0 Å². The number of ether oxygens (including phenoxy) is 2. The molecule has 0 radical (unpaired) electrons. The number of carbonyl (C=O) groups excluding carboxylic acids is 1. The van der Waals surface area contributed by atoms with Crippen molar-refractivity contribution in [3.63, 3.8) is 0 Å². The number of nitrogens with one attached hydrogen (secondary N) is 2. The predicted molar refractivity (Wildman–Crippen MR) is 129 cm³/mol. The second-order valence-corrected chi connectivity index (χ2v) is 9.22. The molecular formula is C25H31ClFN3O3. The Morgan fingerprint density at radius 1 is 1.09 bits per heavy atom. The number of hydrogen-bond acceptors (Lipinski definition) is 4. The van der Waals surface area contributed by atoms with Crippen LogP contribution in [-0.4, -0.2) is 42.6 Å². The van der Waals surface area contributed by atoms with E-state index in [1.54, 1.807) is 12.1 Å². The van der Waals surface area contributed by atoms with Gasteiger partial charge in [-0.05, 0) is 62.2 Å². The van der Waals surface area contributed by atoms with E-state index in [1.807, 2.05) is 61.9 Å². The lowest BCUT2D eigenvalue weighted by Gasteiger charge is -2.19. The number of rotatable bonds is 10. The molecule has 0 spiro atoms. The van der Waals surface area contributed by atoms with Crippen molar-refractivity contribution in [2.45, 2.75) is 39.5 Å². The largest absolute Gasteiger partial charge is 0.444 e. The molecule has 0 fully saturated rings. The summed E-state index contributed by atoms with van der Waals surface area (Å²) < 4.78 is 27.0. The molecule has 0 saturated heterocycles. The van der Waals surface area contributed by atoms with Gasteiger partial charge in [-0.1, -0.05) is 23.7 Å². The van der Waals surface area contributed by atoms with Gasteiger partial charge in [0.2, 0.25) is 0 Å². The van der Waals surface area contributed by atoms with Crippen molar-refractivity contribution in [3.05, 3.63) is 70.6 Å². The minimum Gasteiger partial charge on any atom is -0.444 e. The Morgan fingerprint density at radius 2 is 1.82 bits per heavy atom. The molecule has 0 aliphatic carbocycles. The summed E-state index contributed by atoms with van der Waals surface area (Å²) >= 11 is 5.97. The molecular weight excluding hydrogens is 445 g/mol. The summed E-state index contributed by atoms with van der Waals surface area (Å²) in [6.07, 6.45) is 1.52. The number of halogens is 2. The van der Waals surface area contributed by atoms with Crippen molar-refractivity contribution in [2.75, 3.05) is 26.3 Å². The number of alkyl carbamates (subject to hydrolysis) is 1. The molecule has 0 saturated carbocycles. The van der Waals surface area contributed by atoms with Crippen LogP contribution >= 0.6 is 11.6 Å². The summed E-state index contributed by atoms with van der Waals surface area (Å²) in [4.78, 5) is 11.6. The van der Waals surface area contributed by atoms with Gasteiger partial charge in [-0.2, -0.15) is 0 Å². The standard InChI is InChI=1S/C25H31ClFN3O3/c1-25(2,3)33-24(31)29-10-13-32-12-9-28-16-19-14-21(27)15-23-22(19)8-11-30(23)17-18-4-6-20(26)7-5-18/h4-8,11,14-15,28H,9-10,12-13,16-17H2,1-3H3,(H,29,31). The van der Waals surface area contributed by atoms with E-state index in [-0.39, 0.29) is 5.82 Å². The van der Waals surface area contributed by atoms with Gasteiger partial charge in [0.15, 0.2) is 0 Å². The third-order valence-corrected chi connectivity index (χ3v) is 5.11. The average Bonchev–Trinajstić information content (AvgIpc) is 3.12. The third-order valence-electron chi connectivity index (χ3n) is 4.86. The van der Waals surface area contributed by atoms with Gasteiger partial charge in [0, 0.05) is 42.8 Å². The van der Waals surface area contributed by atoms with E-state index in [0.29, 0.717) is 44.4 Å². The molecule has 2 aromatic carbocycles. The molecule has 0 bridgehead atoms. The van der Waals surface area contributed by atoms with Crippen LogP contribution in [0.15, 0.2) is 48.7 Å². The summed E-state index contributed by atoms with van der Waals surface area (Å²) in [7, 11) is 0. The number of carbonyl (C=O) groups is 1. The molecule has 1 amide bonds. The highest BCUT2D eigenvalue weighted by Crippen LogP contribution is 2.23. The Labute approximate surface area is 199 Å². The van der Waals surface area contributed by atoms with Crippen LogP contribution in [0.3, 0.4) is 0 Å². The van der Waals surface area contributed by atoms with Crippen LogP contribution < -0.4 is 10.6 Å². The minimum atomic E-state index is -0.520. The van der Waals surface area contributed by atoms with E-state index in [4.69, 9.17) is 21.1 Å². The molecule has 8 heteroatoms. The molecule has 33 heavy (non-hydrogen) atoms. The lowest BCUT2D eigenvalue weighted by atomic mass is 10.1. The summed E-state index contributed by atoms with van der Waals surface area (Å²) in [5, 5.41) is 7.64. The second kappa shape index (κ2) is 11.5. The van der Waals surface area contributed by atoms with Crippen LogP contribution in [0.1, 0.15) is 31.9 Å². The highest BCUT2D eigenvalue weighted by Gasteiger charge is 2.15. The first-order valence-corrected chi connectivity index (χ1v) is 11.4. The quantitative estimate of drug-likeness (QED) is 0.400. The second-order valence-electron chi connectivity index (χ2n) is 8.79. The Kier molecular flexibility index (Phi) is 8.72. The number of benzene rings is 2. The summed E-state index contributed by atoms with van der Waals surface area (Å²) in [6, 6.07) is 12.8. The van der Waals surface area contributed by atoms with Crippen molar-refractivity contribution in [2.24, 2.45) is 0 Å². The van der Waals surface area contributed by atoms with E-state index in [0.717, 1.165) is 22.0 Å². The molecule has 3 rings (SSSR count). The van der Waals surface area contributed by atoms with Crippen LogP contribution in [0.4, 0.5) is 9.18 Å². The van der Waals surface area contributed by atoms with Crippen LogP contribution in [0.5, 0.6) is 0 Å². The maximum Gasteiger partial charge on any atom is 0.407 e. The zero-order valence-electron chi connectivity index (χ0n) is 19.3. The predicted octanol–water partition coefficient (Wildman–Crippen LogP) is 5.11. The summed E-state index contributed by atoms with van der Waals surface area (Å²) in [5.41, 5.74) is 2.32. The molecule has 1 heterocycles. The lowest BCUT2D eigenvalue weighted by molar-refractivity contribution is 0.0500. The number of hydrogen-bond donors (Lipinski definition) is 2. The van der Waals surface area contributed by atoms with Gasteiger partial charge in [-0.15, -0.1) is 0 Å². The fourth-order valence-corrected chi connectivity index (χ4v) is 3.54. The fraction of sp³-hybridized carbons (Fsp3) is 0.400. The zero-order chi connectivity index (χ0) is 23.8. The van der Waals surface area contributed by atoms with Gasteiger partial charge in [-0.25, -0.2) is 9.18 Å². The maximum absolute atomic E-state index is 14.3. The Morgan fingerprint density at radius 3 is 2.55 bits per heavy atom. The van der Waals surface area contributed by atoms with Crippen molar-refractivity contribution in [1.29, 1.82) is 0 Å².